The molecule has 26 heavy (non-hydrogen) atoms. The summed E-state index contributed by atoms with van der Waals surface area (Å²) in [6.45, 7) is 5.28. The molecule has 1 aromatic carbocycles. The molecule has 7 heteroatoms. The first-order valence-electron chi connectivity index (χ1n) is 8.67. The van der Waals surface area contributed by atoms with Gasteiger partial charge in [0.25, 0.3) is 0 Å². The summed E-state index contributed by atoms with van der Waals surface area (Å²) in [5.41, 5.74) is 1.37. The van der Waals surface area contributed by atoms with Crippen molar-refractivity contribution < 1.29 is 23.9 Å². The van der Waals surface area contributed by atoms with Crippen LogP contribution in [0.25, 0.3) is 0 Å². The number of hydrogen-bond donors (Lipinski definition) is 2. The van der Waals surface area contributed by atoms with Gasteiger partial charge in [-0.3, -0.25) is 4.79 Å². The van der Waals surface area contributed by atoms with E-state index in [1.165, 1.54) is 0 Å². The Morgan fingerprint density at radius 2 is 1.85 bits per heavy atom. The Balaban J connectivity index is 2.15. The first kappa shape index (κ1) is 19.5. The van der Waals surface area contributed by atoms with Gasteiger partial charge in [-0.1, -0.05) is 37.3 Å². The van der Waals surface area contributed by atoms with Crippen molar-refractivity contribution in [2.24, 2.45) is 0 Å². The zero-order valence-electron chi connectivity index (χ0n) is 15.2. The molecule has 0 saturated heterocycles. The van der Waals surface area contributed by atoms with Gasteiger partial charge in [0.1, 0.15) is 6.61 Å². The third-order valence-electron chi connectivity index (χ3n) is 4.12. The van der Waals surface area contributed by atoms with Gasteiger partial charge in [-0.2, -0.15) is 0 Å². The van der Waals surface area contributed by atoms with Crippen LogP contribution in [0.4, 0.5) is 4.79 Å². The van der Waals surface area contributed by atoms with Crippen LogP contribution in [-0.2, 0) is 19.1 Å². The minimum absolute atomic E-state index is 0.200. The van der Waals surface area contributed by atoms with Gasteiger partial charge in [0.2, 0.25) is 0 Å². The van der Waals surface area contributed by atoms with Crippen LogP contribution >= 0.6 is 0 Å². The van der Waals surface area contributed by atoms with Crippen molar-refractivity contribution in [2.45, 2.75) is 39.2 Å². The van der Waals surface area contributed by atoms with Gasteiger partial charge in [-0.25, -0.2) is 9.59 Å². The largest absolute Gasteiger partial charge is 0.463 e. The Morgan fingerprint density at radius 3 is 2.46 bits per heavy atom. The first-order valence-corrected chi connectivity index (χ1v) is 8.67. The molecule has 7 nitrogen and oxygen atoms in total. The van der Waals surface area contributed by atoms with Crippen molar-refractivity contribution in [3.05, 3.63) is 47.2 Å². The Labute approximate surface area is 152 Å². The topological polar surface area (TPSA) is 93.7 Å². The fourth-order valence-corrected chi connectivity index (χ4v) is 2.86. The zero-order valence-corrected chi connectivity index (χ0v) is 15.2. The number of esters is 2. The van der Waals surface area contributed by atoms with E-state index in [4.69, 9.17) is 9.47 Å². The van der Waals surface area contributed by atoms with E-state index >= 15 is 0 Å². The maximum Gasteiger partial charge on any atom is 0.338 e. The number of hydrogen-bond acceptors (Lipinski definition) is 5. The van der Waals surface area contributed by atoms with Gasteiger partial charge < -0.3 is 20.1 Å². The Morgan fingerprint density at radius 1 is 1.15 bits per heavy atom. The number of nitrogens with one attached hydrogen (secondary N) is 2. The fraction of sp³-hybridized carbons (Fsp3) is 0.421. The maximum atomic E-state index is 12.5. The second-order valence-corrected chi connectivity index (χ2v) is 5.91. The van der Waals surface area contributed by atoms with E-state index in [-0.39, 0.29) is 24.5 Å². The second-order valence-electron chi connectivity index (χ2n) is 5.91. The molecule has 0 fully saturated rings. The van der Waals surface area contributed by atoms with Gasteiger partial charge in [-0.15, -0.1) is 0 Å². The lowest BCUT2D eigenvalue weighted by atomic mass is 9.97. The number of urea groups is 1. The summed E-state index contributed by atoms with van der Waals surface area (Å²) < 4.78 is 10.4. The average Bonchev–Trinajstić information content (AvgIpc) is 2.61. The minimum Gasteiger partial charge on any atom is -0.463 e. The van der Waals surface area contributed by atoms with Crippen molar-refractivity contribution >= 4 is 18.0 Å². The number of amides is 2. The molecule has 2 atom stereocenters. The molecular formula is C19H24N2O5. The molecule has 1 aliphatic heterocycles. The third kappa shape index (κ3) is 4.62. The number of carbonyl (C=O) groups is 3. The predicted octanol–water partition coefficient (Wildman–Crippen LogP) is 2.24. The van der Waals surface area contributed by atoms with Crippen LogP contribution < -0.4 is 10.6 Å². The summed E-state index contributed by atoms with van der Waals surface area (Å²) in [6.07, 6.45) is 0.580. The molecule has 2 rings (SSSR count). The van der Waals surface area contributed by atoms with Crippen LogP contribution in [0.15, 0.2) is 41.6 Å². The van der Waals surface area contributed by atoms with Crippen LogP contribution in [0.5, 0.6) is 0 Å². The maximum absolute atomic E-state index is 12.5. The second kappa shape index (κ2) is 9.03. The van der Waals surface area contributed by atoms with Gasteiger partial charge in [0, 0.05) is 0 Å². The molecule has 0 radical (unpaired) electrons. The van der Waals surface area contributed by atoms with Crippen LogP contribution in [0.3, 0.4) is 0 Å². The molecule has 2 amide bonds. The number of rotatable bonds is 7. The van der Waals surface area contributed by atoms with Crippen LogP contribution in [-0.4, -0.2) is 37.2 Å². The molecule has 2 N–H and O–H groups in total. The molecule has 0 bridgehead atoms. The summed E-state index contributed by atoms with van der Waals surface area (Å²) in [5.74, 6) is -1.36. The number of carbonyl (C=O) groups excluding carboxylic acids is 3. The number of benzene rings is 1. The van der Waals surface area contributed by atoms with E-state index in [1.54, 1.807) is 13.8 Å². The van der Waals surface area contributed by atoms with E-state index in [0.29, 0.717) is 6.42 Å². The molecular weight excluding hydrogens is 336 g/mol. The van der Waals surface area contributed by atoms with Crippen molar-refractivity contribution in [1.29, 1.82) is 0 Å². The van der Waals surface area contributed by atoms with E-state index in [0.717, 1.165) is 5.56 Å². The molecule has 0 spiro atoms. The first-order chi connectivity index (χ1) is 12.5. The summed E-state index contributed by atoms with van der Waals surface area (Å²) >= 11 is 0. The zero-order chi connectivity index (χ0) is 19.1. The highest BCUT2D eigenvalue weighted by molar-refractivity contribution is 5.94. The highest BCUT2D eigenvalue weighted by Crippen LogP contribution is 2.22. The molecule has 0 saturated carbocycles. The van der Waals surface area contributed by atoms with Crippen molar-refractivity contribution in [1.82, 2.24) is 10.6 Å². The van der Waals surface area contributed by atoms with Crippen LogP contribution in [0.2, 0.25) is 0 Å². The lowest BCUT2D eigenvalue weighted by Crippen LogP contribution is -2.50. The van der Waals surface area contributed by atoms with Gasteiger partial charge >= 0.3 is 18.0 Å². The molecule has 1 aliphatic rings. The standard InChI is InChI=1S/C19H24N2O5/c1-4-14(13-9-7-6-8-10-13)17(22)26-11-15-16(18(23)25-5-2)12(3)20-19(24)21-15/h6-10,12,14H,4-5,11H2,1-3H3,(H2,20,21,24)/t12-,14-/m0/s1. The quantitative estimate of drug-likeness (QED) is 0.728. The molecule has 0 aliphatic carbocycles. The fourth-order valence-electron chi connectivity index (χ4n) is 2.86. The third-order valence-corrected chi connectivity index (χ3v) is 4.12. The van der Waals surface area contributed by atoms with Gasteiger partial charge in [0.15, 0.2) is 0 Å². The Bertz CT molecular complexity index is 699. The number of ether oxygens (including phenoxy) is 2. The van der Waals surface area contributed by atoms with Crippen molar-refractivity contribution in [2.75, 3.05) is 13.2 Å². The summed E-state index contributed by atoms with van der Waals surface area (Å²) in [5, 5.41) is 5.14. The average molecular weight is 360 g/mol. The highest BCUT2D eigenvalue weighted by atomic mass is 16.5. The van der Waals surface area contributed by atoms with E-state index in [9.17, 15) is 14.4 Å². The van der Waals surface area contributed by atoms with Crippen LogP contribution in [0.1, 0.15) is 38.7 Å². The minimum atomic E-state index is -0.548. The van der Waals surface area contributed by atoms with E-state index in [2.05, 4.69) is 10.6 Å². The predicted molar refractivity (Wildman–Crippen MR) is 95.2 cm³/mol. The van der Waals surface area contributed by atoms with E-state index in [1.807, 2.05) is 37.3 Å². The highest BCUT2D eigenvalue weighted by Gasteiger charge is 2.31. The van der Waals surface area contributed by atoms with Crippen molar-refractivity contribution in [3.63, 3.8) is 0 Å². The smallest absolute Gasteiger partial charge is 0.338 e. The van der Waals surface area contributed by atoms with Gasteiger partial charge in [-0.05, 0) is 25.8 Å². The lowest BCUT2D eigenvalue weighted by molar-refractivity contribution is -0.145. The summed E-state index contributed by atoms with van der Waals surface area (Å²) in [4.78, 5) is 36.4. The normalized spacial score (nSPS) is 17.8. The van der Waals surface area contributed by atoms with Crippen molar-refractivity contribution in [3.8, 4) is 0 Å². The summed E-state index contributed by atoms with van der Waals surface area (Å²) in [7, 11) is 0. The lowest BCUT2D eigenvalue weighted by Gasteiger charge is -2.26. The van der Waals surface area contributed by atoms with E-state index < -0.39 is 29.9 Å². The monoisotopic (exact) mass is 360 g/mol. The molecule has 140 valence electrons. The van der Waals surface area contributed by atoms with Crippen LogP contribution in [0, 0.1) is 0 Å². The Hall–Kier alpha value is -2.83. The molecule has 1 heterocycles. The van der Waals surface area contributed by atoms with Gasteiger partial charge in [0.05, 0.1) is 29.8 Å². The summed E-state index contributed by atoms with van der Waals surface area (Å²) in [6, 6.07) is 8.35. The molecule has 0 aromatic heterocycles. The Kier molecular flexibility index (Phi) is 6.77. The molecule has 1 aromatic rings. The molecule has 0 unspecified atom stereocenters. The SMILES string of the molecule is CCOC(=O)C1=C(COC(=O)[C@@H](CC)c2ccccc2)NC(=O)N[C@H]1C.